The number of fused-ring (bicyclic) bond motifs is 1. The van der Waals surface area contributed by atoms with Crippen LogP contribution in [-0.2, 0) is 4.79 Å². The molecule has 1 aliphatic rings. The van der Waals surface area contributed by atoms with Crippen molar-refractivity contribution < 1.29 is 23.8 Å². The number of carbonyl (C=O) groups excluding carboxylic acids is 2. The Balaban J connectivity index is 1.63. The van der Waals surface area contributed by atoms with Crippen molar-refractivity contribution in [2.75, 3.05) is 30.0 Å². The smallest absolute Gasteiger partial charge is 0.294 e. The molecule has 38 heavy (non-hydrogen) atoms. The second kappa shape index (κ2) is 10.3. The van der Waals surface area contributed by atoms with Crippen LogP contribution in [0.4, 0.5) is 11.4 Å². The molecule has 1 amide bonds. The number of ether oxygens (including phenoxy) is 1. The third kappa shape index (κ3) is 4.29. The van der Waals surface area contributed by atoms with Gasteiger partial charge in [0.25, 0.3) is 5.91 Å². The summed E-state index contributed by atoms with van der Waals surface area (Å²) in [5, 5.41) is 12.2. The summed E-state index contributed by atoms with van der Waals surface area (Å²) in [7, 11) is 1.52. The number of carbonyl (C=O) groups is 2. The summed E-state index contributed by atoms with van der Waals surface area (Å²) < 4.78 is 11.3. The number of ketones is 1. The van der Waals surface area contributed by atoms with E-state index in [0.717, 1.165) is 18.8 Å². The third-order valence-corrected chi connectivity index (χ3v) is 7.10. The van der Waals surface area contributed by atoms with Crippen LogP contribution in [0.25, 0.3) is 11.0 Å². The van der Waals surface area contributed by atoms with Gasteiger partial charge >= 0.3 is 0 Å². The van der Waals surface area contributed by atoms with E-state index in [0.29, 0.717) is 33.0 Å². The molecule has 1 aromatic heterocycles. The molecule has 194 valence electrons. The Morgan fingerprint density at radius 3 is 2.37 bits per heavy atom. The standard InChI is InChI=1S/C30H27ClN2O5/c1-4-32(5-2)21-13-9-18(10-14-21)26-25(28(35)30(36)33(26)22-15-11-20(31)12-16-22)27(34)24-17-19-7-6-8-23(37-3)29(19)38-24/h6-17,26,35H,4-5H2,1-3H3. The highest BCUT2D eigenvalue weighted by molar-refractivity contribution is 6.30. The quantitative estimate of drug-likeness (QED) is 0.254. The van der Waals surface area contributed by atoms with E-state index in [2.05, 4.69) is 18.7 Å². The van der Waals surface area contributed by atoms with E-state index in [9.17, 15) is 14.7 Å². The highest BCUT2D eigenvalue weighted by Crippen LogP contribution is 2.43. The predicted molar refractivity (Wildman–Crippen MR) is 148 cm³/mol. The monoisotopic (exact) mass is 530 g/mol. The molecule has 8 heteroatoms. The lowest BCUT2D eigenvalue weighted by molar-refractivity contribution is -0.117. The lowest BCUT2D eigenvalue weighted by atomic mass is 9.94. The number of aliphatic hydroxyl groups excluding tert-OH is 1. The van der Waals surface area contributed by atoms with Gasteiger partial charge in [-0.15, -0.1) is 0 Å². The summed E-state index contributed by atoms with van der Waals surface area (Å²) in [6.07, 6.45) is 0. The molecule has 3 aromatic carbocycles. The maximum atomic E-state index is 13.9. The molecule has 0 radical (unpaired) electrons. The Hall–Kier alpha value is -4.23. The molecule has 1 aliphatic heterocycles. The van der Waals surface area contributed by atoms with Crippen LogP contribution in [0.5, 0.6) is 5.75 Å². The number of nitrogens with zero attached hydrogens (tertiary/aromatic N) is 2. The van der Waals surface area contributed by atoms with Gasteiger partial charge in [-0.05, 0) is 67.9 Å². The van der Waals surface area contributed by atoms with Gasteiger partial charge in [0.1, 0.15) is 0 Å². The number of methoxy groups -OCH3 is 1. The molecule has 0 bridgehead atoms. The summed E-state index contributed by atoms with van der Waals surface area (Å²) in [4.78, 5) is 30.9. The van der Waals surface area contributed by atoms with Gasteiger partial charge in [0.2, 0.25) is 5.78 Å². The van der Waals surface area contributed by atoms with E-state index >= 15 is 0 Å². The first-order chi connectivity index (χ1) is 18.4. The Morgan fingerprint density at radius 2 is 1.74 bits per heavy atom. The van der Waals surface area contributed by atoms with E-state index in [4.69, 9.17) is 20.8 Å². The first-order valence-corrected chi connectivity index (χ1v) is 12.7. The number of rotatable bonds is 8. The Labute approximate surface area is 225 Å². The van der Waals surface area contributed by atoms with Crippen LogP contribution in [0.1, 0.15) is 36.0 Å². The number of halogens is 1. The van der Waals surface area contributed by atoms with Crippen molar-refractivity contribution in [3.05, 3.63) is 100 Å². The molecule has 7 nitrogen and oxygen atoms in total. The number of hydrogen-bond acceptors (Lipinski definition) is 6. The van der Waals surface area contributed by atoms with Gasteiger partial charge < -0.3 is 19.2 Å². The van der Waals surface area contributed by atoms with Crippen LogP contribution in [0.15, 0.2) is 88.5 Å². The van der Waals surface area contributed by atoms with Crippen molar-refractivity contribution in [3.8, 4) is 5.75 Å². The van der Waals surface area contributed by atoms with Crippen molar-refractivity contribution in [3.63, 3.8) is 0 Å². The molecule has 0 fully saturated rings. The lowest BCUT2D eigenvalue weighted by Gasteiger charge is -2.28. The van der Waals surface area contributed by atoms with Crippen LogP contribution >= 0.6 is 11.6 Å². The van der Waals surface area contributed by atoms with Crippen molar-refractivity contribution in [2.24, 2.45) is 0 Å². The highest BCUT2D eigenvalue weighted by atomic mass is 35.5. The fourth-order valence-electron chi connectivity index (χ4n) is 4.92. The molecule has 2 heterocycles. The Kier molecular flexibility index (Phi) is 6.87. The zero-order chi connectivity index (χ0) is 27.0. The average Bonchev–Trinajstić information content (AvgIpc) is 3.49. The minimum atomic E-state index is -0.878. The SMILES string of the molecule is CCN(CC)c1ccc(C2C(C(=O)c3cc4cccc(OC)c4o3)=C(O)C(=O)N2c2ccc(Cl)cc2)cc1. The molecule has 1 unspecified atom stereocenters. The molecule has 1 atom stereocenters. The van der Waals surface area contributed by atoms with Crippen LogP contribution < -0.4 is 14.5 Å². The van der Waals surface area contributed by atoms with Gasteiger partial charge in [-0.2, -0.15) is 0 Å². The van der Waals surface area contributed by atoms with Gasteiger partial charge in [-0.25, -0.2) is 0 Å². The van der Waals surface area contributed by atoms with E-state index in [1.54, 1.807) is 48.5 Å². The Bertz CT molecular complexity index is 1540. The van der Waals surface area contributed by atoms with E-state index < -0.39 is 23.5 Å². The molecule has 0 spiro atoms. The van der Waals surface area contributed by atoms with Crippen LogP contribution in [0, 0.1) is 0 Å². The fourth-order valence-corrected chi connectivity index (χ4v) is 5.04. The first-order valence-electron chi connectivity index (χ1n) is 12.4. The highest BCUT2D eigenvalue weighted by Gasteiger charge is 2.45. The van der Waals surface area contributed by atoms with Crippen LogP contribution in [-0.4, -0.2) is 37.0 Å². The van der Waals surface area contributed by atoms with Crippen molar-refractivity contribution in [1.29, 1.82) is 0 Å². The van der Waals surface area contributed by atoms with Crippen molar-refractivity contribution in [1.82, 2.24) is 0 Å². The predicted octanol–water partition coefficient (Wildman–Crippen LogP) is 6.72. The minimum absolute atomic E-state index is 0.00145. The summed E-state index contributed by atoms with van der Waals surface area (Å²) in [5.74, 6) is -1.39. The Morgan fingerprint density at radius 1 is 1.05 bits per heavy atom. The average molecular weight is 531 g/mol. The number of aliphatic hydroxyl groups is 1. The topological polar surface area (TPSA) is 83.2 Å². The van der Waals surface area contributed by atoms with E-state index in [1.165, 1.54) is 12.0 Å². The molecular weight excluding hydrogens is 504 g/mol. The summed E-state index contributed by atoms with van der Waals surface area (Å²) in [6.45, 7) is 5.84. The summed E-state index contributed by atoms with van der Waals surface area (Å²) >= 11 is 6.09. The second-order valence-corrected chi connectivity index (χ2v) is 9.34. The molecule has 0 saturated carbocycles. The second-order valence-electron chi connectivity index (χ2n) is 8.90. The normalized spacial score (nSPS) is 15.4. The number of furan rings is 1. The van der Waals surface area contributed by atoms with Crippen molar-refractivity contribution >= 4 is 45.6 Å². The maximum Gasteiger partial charge on any atom is 0.294 e. The van der Waals surface area contributed by atoms with E-state index in [-0.39, 0.29) is 11.3 Å². The molecule has 5 rings (SSSR count). The van der Waals surface area contributed by atoms with Gasteiger partial charge in [-0.1, -0.05) is 35.9 Å². The van der Waals surface area contributed by atoms with E-state index in [1.807, 2.05) is 24.3 Å². The maximum absolute atomic E-state index is 13.9. The molecule has 1 N–H and O–H groups in total. The van der Waals surface area contributed by atoms with Crippen molar-refractivity contribution in [2.45, 2.75) is 19.9 Å². The molecule has 0 saturated heterocycles. The van der Waals surface area contributed by atoms with Crippen LogP contribution in [0.3, 0.4) is 0 Å². The zero-order valence-electron chi connectivity index (χ0n) is 21.3. The molecular formula is C30H27ClN2O5. The molecule has 0 aliphatic carbocycles. The van der Waals surface area contributed by atoms with Gasteiger partial charge in [0.15, 0.2) is 22.9 Å². The number of benzene rings is 3. The fraction of sp³-hybridized carbons (Fsp3) is 0.200. The number of amides is 1. The number of anilines is 2. The minimum Gasteiger partial charge on any atom is -0.503 e. The van der Waals surface area contributed by atoms with Gasteiger partial charge in [-0.3, -0.25) is 14.5 Å². The number of hydrogen-bond donors (Lipinski definition) is 1. The number of para-hydroxylation sites is 1. The van der Waals surface area contributed by atoms with Crippen LogP contribution in [0.2, 0.25) is 5.02 Å². The summed E-state index contributed by atoms with van der Waals surface area (Å²) in [6, 6.07) is 20.4. The first kappa shape index (κ1) is 25.4. The lowest BCUT2D eigenvalue weighted by Crippen LogP contribution is -2.31. The number of Topliss-reactive ketones (excluding diaryl/α,β-unsaturated/α-hetero) is 1. The molecule has 4 aromatic rings. The summed E-state index contributed by atoms with van der Waals surface area (Å²) in [5.41, 5.74) is 2.55. The largest absolute Gasteiger partial charge is 0.503 e. The van der Waals surface area contributed by atoms with Gasteiger partial charge in [0.05, 0.1) is 18.7 Å². The van der Waals surface area contributed by atoms with Gasteiger partial charge in [0, 0.05) is 34.9 Å². The third-order valence-electron chi connectivity index (χ3n) is 6.85. The zero-order valence-corrected chi connectivity index (χ0v) is 22.0.